The van der Waals surface area contributed by atoms with E-state index in [0.29, 0.717) is 12.2 Å². The highest BCUT2D eigenvalue weighted by Crippen LogP contribution is 2.39. The number of aryl methyl sites for hydroxylation is 1. The number of primary amides is 1. The van der Waals surface area contributed by atoms with E-state index in [-0.39, 0.29) is 6.61 Å². The van der Waals surface area contributed by atoms with E-state index in [2.05, 4.69) is 25.1 Å². The van der Waals surface area contributed by atoms with Crippen molar-refractivity contribution in [1.29, 1.82) is 0 Å². The van der Waals surface area contributed by atoms with E-state index in [4.69, 9.17) is 5.73 Å². The molecule has 4 nitrogen and oxygen atoms in total. The Labute approximate surface area is 136 Å². The molecule has 0 fully saturated rings. The second kappa shape index (κ2) is 5.08. The van der Waals surface area contributed by atoms with E-state index in [1.807, 2.05) is 22.8 Å². The molecule has 4 rings (SSSR count). The lowest BCUT2D eigenvalue weighted by Crippen LogP contribution is -2.17. The summed E-state index contributed by atoms with van der Waals surface area (Å²) >= 11 is 1.77. The number of carbonyl (C=O) groups is 1. The normalized spacial score (nSPS) is 11.7. The molecule has 3 N–H and O–H groups in total. The van der Waals surface area contributed by atoms with E-state index in [1.165, 1.54) is 20.2 Å². The van der Waals surface area contributed by atoms with Crippen molar-refractivity contribution in [2.75, 3.05) is 6.61 Å². The van der Waals surface area contributed by atoms with Crippen molar-refractivity contribution in [3.63, 3.8) is 0 Å². The molecule has 5 heteroatoms. The van der Waals surface area contributed by atoms with Crippen molar-refractivity contribution >= 4 is 48.3 Å². The number of hydrogen-bond acceptors (Lipinski definition) is 3. The predicted octanol–water partition coefficient (Wildman–Crippen LogP) is 3.41. The lowest BCUT2D eigenvalue weighted by molar-refractivity contribution is 0.0991. The van der Waals surface area contributed by atoms with Gasteiger partial charge in [-0.15, -0.1) is 11.3 Å². The minimum Gasteiger partial charge on any atom is -0.395 e. The van der Waals surface area contributed by atoms with E-state index >= 15 is 0 Å². The molecule has 0 radical (unpaired) electrons. The third-order valence-corrected chi connectivity index (χ3v) is 5.68. The van der Waals surface area contributed by atoms with Gasteiger partial charge in [0.2, 0.25) is 0 Å². The Bertz CT molecular complexity index is 1080. The minimum atomic E-state index is -0.470. The number of aliphatic hydroxyl groups is 1. The number of rotatable bonds is 3. The smallest absolute Gasteiger partial charge is 0.265 e. The maximum atomic E-state index is 11.7. The molecule has 0 aliphatic carbocycles. The quantitative estimate of drug-likeness (QED) is 0.606. The van der Waals surface area contributed by atoms with Gasteiger partial charge in [0, 0.05) is 37.6 Å². The number of carbonyl (C=O) groups excluding carboxylic acids is 1. The zero-order valence-electron chi connectivity index (χ0n) is 12.7. The Morgan fingerprint density at radius 2 is 2.00 bits per heavy atom. The van der Waals surface area contributed by atoms with Crippen LogP contribution in [0.2, 0.25) is 0 Å². The molecule has 0 saturated heterocycles. The number of benzene rings is 2. The summed E-state index contributed by atoms with van der Waals surface area (Å²) in [6, 6.07) is 12.3. The Kier molecular flexibility index (Phi) is 3.14. The molecule has 23 heavy (non-hydrogen) atoms. The maximum Gasteiger partial charge on any atom is 0.265 e. The van der Waals surface area contributed by atoms with Gasteiger partial charge in [0.05, 0.1) is 6.61 Å². The van der Waals surface area contributed by atoms with Crippen LogP contribution in [0.25, 0.3) is 31.1 Å². The van der Waals surface area contributed by atoms with Crippen LogP contribution in [0.4, 0.5) is 0 Å². The van der Waals surface area contributed by atoms with Crippen molar-refractivity contribution < 1.29 is 9.90 Å². The van der Waals surface area contributed by atoms with Gasteiger partial charge < -0.3 is 15.4 Å². The van der Waals surface area contributed by atoms with Crippen LogP contribution in [0.15, 0.2) is 36.4 Å². The van der Waals surface area contributed by atoms with Crippen molar-refractivity contribution in [2.24, 2.45) is 5.73 Å². The molecule has 0 bridgehead atoms. The fraction of sp³-hybridized carbons (Fsp3) is 0.167. The van der Waals surface area contributed by atoms with Gasteiger partial charge in [-0.3, -0.25) is 4.79 Å². The molecule has 0 spiro atoms. The molecule has 116 valence electrons. The Balaban J connectivity index is 2.18. The van der Waals surface area contributed by atoms with Crippen LogP contribution < -0.4 is 5.73 Å². The Morgan fingerprint density at radius 3 is 2.74 bits per heavy atom. The largest absolute Gasteiger partial charge is 0.395 e. The summed E-state index contributed by atoms with van der Waals surface area (Å²) in [4.78, 5) is 11.7. The van der Waals surface area contributed by atoms with Gasteiger partial charge in [0.1, 0.15) is 5.69 Å². The number of aliphatic hydroxyl groups excluding tert-OH is 1. The number of nitrogens with two attached hydrogens (primary N) is 1. The van der Waals surface area contributed by atoms with Crippen LogP contribution in [0.3, 0.4) is 0 Å². The first-order valence-electron chi connectivity index (χ1n) is 7.46. The van der Waals surface area contributed by atoms with Crippen LogP contribution in [0, 0.1) is 6.92 Å². The van der Waals surface area contributed by atoms with Crippen LogP contribution in [-0.4, -0.2) is 22.2 Å². The summed E-state index contributed by atoms with van der Waals surface area (Å²) in [6.07, 6.45) is 0. The van der Waals surface area contributed by atoms with Gasteiger partial charge in [-0.1, -0.05) is 18.2 Å². The molecule has 0 atom stereocenters. The molecule has 2 heterocycles. The fourth-order valence-corrected chi connectivity index (χ4v) is 4.51. The van der Waals surface area contributed by atoms with Crippen LogP contribution in [-0.2, 0) is 6.54 Å². The summed E-state index contributed by atoms with van der Waals surface area (Å²) in [5.74, 6) is -0.470. The van der Waals surface area contributed by atoms with E-state index < -0.39 is 5.91 Å². The number of nitrogens with zero attached hydrogens (tertiary/aromatic N) is 1. The second-order valence-corrected chi connectivity index (χ2v) is 6.73. The molecule has 2 aromatic carbocycles. The fourth-order valence-electron chi connectivity index (χ4n) is 3.31. The number of aromatic nitrogens is 1. The number of amides is 1. The summed E-state index contributed by atoms with van der Waals surface area (Å²) in [5, 5.41) is 12.8. The van der Waals surface area contributed by atoms with Gasteiger partial charge in [-0.05, 0) is 30.7 Å². The standard InChI is InChI=1S/C18H16N2O2S/c1-10-12-8-15(18(19)22)20(6-7-21)14(12)9-13-11-4-2-3-5-16(11)23-17(10)13/h2-5,8-9,21H,6-7H2,1H3,(H2,19,22). The van der Waals surface area contributed by atoms with Gasteiger partial charge >= 0.3 is 0 Å². The topological polar surface area (TPSA) is 68.2 Å². The highest BCUT2D eigenvalue weighted by molar-refractivity contribution is 7.26. The minimum absolute atomic E-state index is 0.0362. The van der Waals surface area contributed by atoms with E-state index in [9.17, 15) is 9.90 Å². The van der Waals surface area contributed by atoms with Crippen molar-refractivity contribution in [3.8, 4) is 0 Å². The number of thiophene rings is 1. The SMILES string of the molecule is Cc1c2cc(C(N)=O)n(CCO)c2cc2c1sc1ccccc12. The Morgan fingerprint density at radius 1 is 1.22 bits per heavy atom. The van der Waals surface area contributed by atoms with Gasteiger partial charge in [-0.25, -0.2) is 0 Å². The molecule has 2 aromatic heterocycles. The average molecular weight is 324 g/mol. The first kappa shape index (κ1) is 14.2. The van der Waals surface area contributed by atoms with Crippen LogP contribution in [0.5, 0.6) is 0 Å². The molecule has 1 amide bonds. The first-order valence-corrected chi connectivity index (χ1v) is 8.28. The van der Waals surface area contributed by atoms with Crippen molar-refractivity contribution in [2.45, 2.75) is 13.5 Å². The first-order chi connectivity index (χ1) is 11.1. The highest BCUT2D eigenvalue weighted by atomic mass is 32.1. The third-order valence-electron chi connectivity index (χ3n) is 4.37. The number of fused-ring (bicyclic) bond motifs is 4. The van der Waals surface area contributed by atoms with Gasteiger partial charge in [-0.2, -0.15) is 0 Å². The Hall–Kier alpha value is -2.37. The summed E-state index contributed by atoms with van der Waals surface area (Å²) in [5.41, 5.74) is 8.05. The number of hydrogen-bond donors (Lipinski definition) is 2. The average Bonchev–Trinajstić information content (AvgIpc) is 3.08. The summed E-state index contributed by atoms with van der Waals surface area (Å²) in [6.45, 7) is 2.40. The van der Waals surface area contributed by atoms with Crippen molar-refractivity contribution in [3.05, 3.63) is 47.7 Å². The molecule has 0 aliphatic rings. The molecule has 0 aliphatic heterocycles. The molecule has 4 aromatic rings. The lowest BCUT2D eigenvalue weighted by Gasteiger charge is -2.07. The van der Waals surface area contributed by atoms with E-state index in [1.54, 1.807) is 11.3 Å². The van der Waals surface area contributed by atoms with Crippen molar-refractivity contribution in [1.82, 2.24) is 4.57 Å². The van der Waals surface area contributed by atoms with E-state index in [0.717, 1.165) is 16.5 Å². The van der Waals surface area contributed by atoms with Gasteiger partial charge in [0.25, 0.3) is 5.91 Å². The zero-order chi connectivity index (χ0) is 16.1. The van der Waals surface area contributed by atoms with Crippen LogP contribution >= 0.6 is 11.3 Å². The zero-order valence-corrected chi connectivity index (χ0v) is 13.5. The van der Waals surface area contributed by atoms with Crippen LogP contribution in [0.1, 0.15) is 16.1 Å². The molecule has 0 saturated carbocycles. The predicted molar refractivity (Wildman–Crippen MR) is 95.2 cm³/mol. The van der Waals surface area contributed by atoms with Gasteiger partial charge in [0.15, 0.2) is 0 Å². The lowest BCUT2D eigenvalue weighted by atomic mass is 10.1. The molecule has 0 unspecified atom stereocenters. The molecular weight excluding hydrogens is 308 g/mol. The summed E-state index contributed by atoms with van der Waals surface area (Å²) < 4.78 is 4.30. The summed E-state index contributed by atoms with van der Waals surface area (Å²) in [7, 11) is 0. The molecular formula is C18H16N2O2S. The monoisotopic (exact) mass is 324 g/mol. The third kappa shape index (κ3) is 1.97. The maximum absolute atomic E-state index is 11.7. The highest BCUT2D eigenvalue weighted by Gasteiger charge is 2.17. The second-order valence-electron chi connectivity index (χ2n) is 5.68.